The van der Waals surface area contributed by atoms with Crippen molar-refractivity contribution in [3.8, 4) is 0 Å². The van der Waals surface area contributed by atoms with Crippen LogP contribution < -0.4 is 5.32 Å². The van der Waals surface area contributed by atoms with E-state index < -0.39 is 0 Å². The first-order valence-corrected chi connectivity index (χ1v) is 6.77. The number of hydrogen-bond acceptors (Lipinski definition) is 5. The van der Waals surface area contributed by atoms with Crippen molar-refractivity contribution in [2.75, 3.05) is 5.32 Å². The van der Waals surface area contributed by atoms with Crippen LogP contribution in [-0.4, -0.2) is 24.5 Å². The molecular formula is C13H20N6O2. The third-order valence-electron chi connectivity index (χ3n) is 3.51. The summed E-state index contributed by atoms with van der Waals surface area (Å²) in [5.41, 5.74) is 2.47. The van der Waals surface area contributed by atoms with E-state index in [1.54, 1.807) is 22.5 Å². The Morgan fingerprint density at radius 1 is 1.43 bits per heavy atom. The van der Waals surface area contributed by atoms with Crippen molar-refractivity contribution in [2.24, 2.45) is 7.05 Å². The van der Waals surface area contributed by atoms with Gasteiger partial charge in [0.1, 0.15) is 5.69 Å². The summed E-state index contributed by atoms with van der Waals surface area (Å²) in [6.45, 7) is 7.96. The SMILES string of the molecule is Cc1nn(C(C)C)c(NCc2cnn(C)c2C)c1[N+](=O)[O-]. The largest absolute Gasteiger partial charge is 0.360 e. The Balaban J connectivity index is 2.34. The minimum atomic E-state index is -0.389. The Hall–Kier alpha value is -2.38. The monoisotopic (exact) mass is 292 g/mol. The van der Waals surface area contributed by atoms with Gasteiger partial charge in [-0.15, -0.1) is 0 Å². The minimum absolute atomic E-state index is 0.0326. The third-order valence-corrected chi connectivity index (χ3v) is 3.51. The highest BCUT2D eigenvalue weighted by molar-refractivity contribution is 5.60. The summed E-state index contributed by atoms with van der Waals surface area (Å²) in [6, 6.07) is 0.0369. The summed E-state index contributed by atoms with van der Waals surface area (Å²) in [5.74, 6) is 0.441. The van der Waals surface area contributed by atoms with Crippen LogP contribution in [0.5, 0.6) is 0 Å². The number of rotatable bonds is 5. The van der Waals surface area contributed by atoms with E-state index in [1.807, 2.05) is 27.8 Å². The van der Waals surface area contributed by atoms with Gasteiger partial charge in [0.25, 0.3) is 0 Å². The lowest BCUT2D eigenvalue weighted by Gasteiger charge is -2.11. The molecule has 2 aromatic rings. The van der Waals surface area contributed by atoms with Crippen molar-refractivity contribution in [3.63, 3.8) is 0 Å². The van der Waals surface area contributed by atoms with Crippen molar-refractivity contribution < 1.29 is 4.92 Å². The molecule has 21 heavy (non-hydrogen) atoms. The molecule has 8 nitrogen and oxygen atoms in total. The molecule has 0 spiro atoms. The molecule has 0 aliphatic carbocycles. The normalized spacial score (nSPS) is 11.1. The molecule has 0 aliphatic rings. The molecule has 2 heterocycles. The van der Waals surface area contributed by atoms with Gasteiger partial charge < -0.3 is 5.32 Å². The van der Waals surface area contributed by atoms with Crippen LogP contribution >= 0.6 is 0 Å². The topological polar surface area (TPSA) is 90.8 Å². The van der Waals surface area contributed by atoms with Gasteiger partial charge in [0, 0.05) is 30.9 Å². The molecule has 0 saturated carbocycles. The van der Waals surface area contributed by atoms with E-state index in [4.69, 9.17) is 0 Å². The Kier molecular flexibility index (Phi) is 3.97. The second-order valence-corrected chi connectivity index (χ2v) is 5.31. The smallest absolute Gasteiger partial charge is 0.333 e. The first-order valence-electron chi connectivity index (χ1n) is 6.77. The lowest BCUT2D eigenvalue weighted by molar-refractivity contribution is -0.384. The number of aromatic nitrogens is 4. The van der Waals surface area contributed by atoms with E-state index >= 15 is 0 Å². The van der Waals surface area contributed by atoms with E-state index in [0.29, 0.717) is 18.1 Å². The lowest BCUT2D eigenvalue weighted by Crippen LogP contribution is -2.11. The van der Waals surface area contributed by atoms with Crippen molar-refractivity contribution in [1.82, 2.24) is 19.6 Å². The van der Waals surface area contributed by atoms with Gasteiger partial charge in [-0.2, -0.15) is 10.2 Å². The zero-order chi connectivity index (χ0) is 15.7. The summed E-state index contributed by atoms with van der Waals surface area (Å²) >= 11 is 0. The molecule has 0 aromatic carbocycles. The van der Waals surface area contributed by atoms with Gasteiger partial charge in [0.2, 0.25) is 5.82 Å². The molecule has 0 bridgehead atoms. The molecule has 114 valence electrons. The van der Waals surface area contributed by atoms with E-state index in [1.165, 1.54) is 0 Å². The molecule has 8 heteroatoms. The molecule has 0 radical (unpaired) electrons. The lowest BCUT2D eigenvalue weighted by atomic mass is 10.2. The predicted molar refractivity (Wildman–Crippen MR) is 79.3 cm³/mol. The highest BCUT2D eigenvalue weighted by atomic mass is 16.6. The maximum atomic E-state index is 11.3. The van der Waals surface area contributed by atoms with Gasteiger partial charge in [-0.05, 0) is 27.7 Å². The number of aryl methyl sites for hydroxylation is 2. The van der Waals surface area contributed by atoms with E-state index in [-0.39, 0.29) is 16.7 Å². The molecule has 0 saturated heterocycles. The molecule has 0 atom stereocenters. The van der Waals surface area contributed by atoms with Crippen LogP contribution in [0.25, 0.3) is 0 Å². The van der Waals surface area contributed by atoms with Crippen LogP contribution in [0.15, 0.2) is 6.20 Å². The zero-order valence-corrected chi connectivity index (χ0v) is 12.9. The number of anilines is 1. The average molecular weight is 292 g/mol. The second-order valence-electron chi connectivity index (χ2n) is 5.31. The van der Waals surface area contributed by atoms with Crippen molar-refractivity contribution >= 4 is 11.5 Å². The molecular weight excluding hydrogens is 272 g/mol. The van der Waals surface area contributed by atoms with Gasteiger partial charge >= 0.3 is 5.69 Å². The molecule has 0 amide bonds. The van der Waals surface area contributed by atoms with Gasteiger partial charge in [0.05, 0.1) is 11.1 Å². The fraction of sp³-hybridized carbons (Fsp3) is 0.538. The van der Waals surface area contributed by atoms with Crippen LogP contribution in [0.1, 0.15) is 36.8 Å². The fourth-order valence-electron chi connectivity index (χ4n) is 2.19. The minimum Gasteiger partial charge on any atom is -0.360 e. The van der Waals surface area contributed by atoms with Crippen molar-refractivity contribution in [2.45, 2.75) is 40.3 Å². The van der Waals surface area contributed by atoms with Crippen molar-refractivity contribution in [3.05, 3.63) is 33.3 Å². The van der Waals surface area contributed by atoms with Crippen LogP contribution in [0, 0.1) is 24.0 Å². The molecule has 0 aliphatic heterocycles. The second kappa shape index (κ2) is 5.55. The van der Waals surface area contributed by atoms with E-state index in [9.17, 15) is 10.1 Å². The van der Waals surface area contributed by atoms with E-state index in [2.05, 4.69) is 15.5 Å². The van der Waals surface area contributed by atoms with Crippen LogP contribution in [0.3, 0.4) is 0 Å². The molecule has 0 fully saturated rings. The third kappa shape index (κ3) is 2.74. The van der Waals surface area contributed by atoms with Gasteiger partial charge in [-0.3, -0.25) is 14.8 Å². The quantitative estimate of drug-likeness (QED) is 0.674. The van der Waals surface area contributed by atoms with E-state index in [0.717, 1.165) is 11.3 Å². The Morgan fingerprint density at radius 2 is 2.10 bits per heavy atom. The average Bonchev–Trinajstić information content (AvgIpc) is 2.89. The maximum Gasteiger partial charge on any atom is 0.333 e. The maximum absolute atomic E-state index is 11.3. The standard InChI is InChI=1S/C13H20N6O2/c1-8(2)18-13(12(19(20)21)9(3)16-18)14-6-11-7-15-17(5)10(11)4/h7-8,14H,6H2,1-5H3. The highest BCUT2D eigenvalue weighted by Crippen LogP contribution is 2.31. The molecule has 1 N–H and O–H groups in total. The number of nitrogens with zero attached hydrogens (tertiary/aromatic N) is 5. The summed E-state index contributed by atoms with van der Waals surface area (Å²) in [5, 5.41) is 22.8. The number of hydrogen-bond donors (Lipinski definition) is 1. The summed E-state index contributed by atoms with van der Waals surface area (Å²) in [6.07, 6.45) is 1.76. The molecule has 2 rings (SSSR count). The molecule has 2 aromatic heterocycles. The fourth-order valence-corrected chi connectivity index (χ4v) is 2.19. The highest BCUT2D eigenvalue weighted by Gasteiger charge is 2.26. The summed E-state index contributed by atoms with van der Waals surface area (Å²) in [7, 11) is 1.86. The van der Waals surface area contributed by atoms with Gasteiger partial charge in [-0.25, -0.2) is 4.68 Å². The summed E-state index contributed by atoms with van der Waals surface area (Å²) in [4.78, 5) is 10.9. The number of nitrogens with one attached hydrogen (secondary N) is 1. The predicted octanol–water partition coefficient (Wildman–Crippen LogP) is 2.33. The Morgan fingerprint density at radius 3 is 2.57 bits per heavy atom. The first kappa shape index (κ1) is 15.0. The van der Waals surface area contributed by atoms with Gasteiger partial charge in [0.15, 0.2) is 0 Å². The van der Waals surface area contributed by atoms with Crippen LogP contribution in [0.2, 0.25) is 0 Å². The first-order chi connectivity index (χ1) is 9.82. The zero-order valence-electron chi connectivity index (χ0n) is 12.9. The Bertz CT molecular complexity index is 670. The molecule has 0 unspecified atom stereocenters. The Labute approximate surface area is 122 Å². The summed E-state index contributed by atoms with van der Waals surface area (Å²) < 4.78 is 3.43. The van der Waals surface area contributed by atoms with Gasteiger partial charge in [-0.1, -0.05) is 0 Å². The van der Waals surface area contributed by atoms with Crippen LogP contribution in [-0.2, 0) is 13.6 Å². The van der Waals surface area contributed by atoms with Crippen molar-refractivity contribution in [1.29, 1.82) is 0 Å². The van der Waals surface area contributed by atoms with Crippen LogP contribution in [0.4, 0.5) is 11.5 Å². The number of nitro groups is 1.